The molecule has 0 fully saturated rings. The van der Waals surface area contributed by atoms with E-state index in [9.17, 15) is 19.8 Å². The number of hydrogen-bond donors (Lipinski definition) is 3. The molecule has 87 heavy (non-hydrogen) atoms. The molecule has 0 spiro atoms. The van der Waals surface area contributed by atoms with Gasteiger partial charge in [0.15, 0.2) is 0 Å². The van der Waals surface area contributed by atoms with Gasteiger partial charge in [-0.2, -0.15) is 0 Å². The summed E-state index contributed by atoms with van der Waals surface area (Å²) in [6.45, 7) is 4.93. The van der Waals surface area contributed by atoms with Crippen LogP contribution in [0.2, 0.25) is 0 Å². The molecule has 0 aliphatic heterocycles. The van der Waals surface area contributed by atoms with E-state index >= 15 is 0 Å². The second-order valence-electron chi connectivity index (χ2n) is 27.0. The van der Waals surface area contributed by atoms with Gasteiger partial charge in [-0.3, -0.25) is 9.59 Å². The maximum Gasteiger partial charge on any atom is 0.305 e. The maximum absolute atomic E-state index is 12.5. The first-order valence-corrected chi connectivity index (χ1v) is 39.4. The Morgan fingerprint density at radius 1 is 0.322 bits per heavy atom. The number of unbranched alkanes of at least 4 members (excludes halogenated alkanes) is 57. The van der Waals surface area contributed by atoms with Gasteiger partial charge >= 0.3 is 5.97 Å². The fourth-order valence-electron chi connectivity index (χ4n) is 12.3. The van der Waals surface area contributed by atoms with Crippen LogP contribution in [0, 0.1) is 0 Å². The van der Waals surface area contributed by atoms with Crippen LogP contribution in [0.5, 0.6) is 0 Å². The molecule has 2 atom stereocenters. The van der Waals surface area contributed by atoms with Crippen molar-refractivity contribution in [1.82, 2.24) is 5.32 Å². The fourth-order valence-corrected chi connectivity index (χ4v) is 12.3. The van der Waals surface area contributed by atoms with Crippen LogP contribution >= 0.6 is 0 Å². The van der Waals surface area contributed by atoms with Gasteiger partial charge in [-0.15, -0.1) is 0 Å². The van der Waals surface area contributed by atoms with Gasteiger partial charge in [-0.25, -0.2) is 0 Å². The lowest BCUT2D eigenvalue weighted by Crippen LogP contribution is -2.45. The summed E-state index contributed by atoms with van der Waals surface area (Å²) in [5.74, 6) is -0.0560. The first kappa shape index (κ1) is 84.8. The fraction of sp³-hybridized carbons (Fsp3) is 0.877. The Morgan fingerprint density at radius 2 is 0.575 bits per heavy atom. The quantitative estimate of drug-likeness (QED) is 0.0320. The highest BCUT2D eigenvalue weighted by Crippen LogP contribution is 2.19. The molecule has 0 aromatic rings. The van der Waals surface area contributed by atoms with Gasteiger partial charge in [0, 0.05) is 12.8 Å². The van der Waals surface area contributed by atoms with Crippen molar-refractivity contribution in [3.8, 4) is 0 Å². The highest BCUT2D eigenvalue weighted by molar-refractivity contribution is 5.76. The predicted octanol–water partition coefficient (Wildman–Crippen LogP) is 26.0. The third-order valence-corrected chi connectivity index (χ3v) is 18.3. The molecule has 0 aliphatic rings. The van der Waals surface area contributed by atoms with Crippen molar-refractivity contribution in [2.45, 2.75) is 443 Å². The van der Waals surface area contributed by atoms with Crippen LogP contribution in [0.25, 0.3) is 0 Å². The molecular weight excluding hydrogens is 1070 g/mol. The summed E-state index contributed by atoms with van der Waals surface area (Å²) in [6.07, 6.45) is 101. The number of aliphatic hydroxyl groups is 2. The lowest BCUT2D eigenvalue weighted by molar-refractivity contribution is -0.143. The molecule has 0 saturated carbocycles. The number of amides is 1. The third kappa shape index (κ3) is 72.8. The number of hydrogen-bond acceptors (Lipinski definition) is 5. The van der Waals surface area contributed by atoms with Crippen LogP contribution in [0.3, 0.4) is 0 Å². The molecule has 0 rings (SSSR count). The van der Waals surface area contributed by atoms with Crippen LogP contribution in [0.1, 0.15) is 431 Å². The average Bonchev–Trinajstić information content (AvgIpc) is 3.52. The molecule has 6 nitrogen and oxygen atoms in total. The molecule has 0 aromatic carbocycles. The third-order valence-electron chi connectivity index (χ3n) is 18.3. The van der Waals surface area contributed by atoms with Gasteiger partial charge in [0.05, 0.1) is 25.4 Å². The van der Waals surface area contributed by atoms with E-state index < -0.39 is 12.1 Å². The lowest BCUT2D eigenvalue weighted by Gasteiger charge is -2.20. The summed E-state index contributed by atoms with van der Waals surface area (Å²) in [5, 5.41) is 23.3. The number of ether oxygens (including phenoxy) is 1. The molecule has 0 aliphatic carbocycles. The van der Waals surface area contributed by atoms with Crippen molar-refractivity contribution in [3.63, 3.8) is 0 Å². The van der Waals surface area contributed by atoms with E-state index in [1.54, 1.807) is 6.08 Å². The predicted molar refractivity (Wildman–Crippen MR) is 384 cm³/mol. The number of allylic oxidation sites excluding steroid dienone is 7. The van der Waals surface area contributed by atoms with Crippen molar-refractivity contribution in [2.24, 2.45) is 0 Å². The van der Waals surface area contributed by atoms with E-state index in [0.29, 0.717) is 19.4 Å². The summed E-state index contributed by atoms with van der Waals surface area (Å²) in [4.78, 5) is 24.6. The molecule has 6 heteroatoms. The summed E-state index contributed by atoms with van der Waals surface area (Å²) in [5.41, 5.74) is 0. The number of aliphatic hydroxyl groups excluding tert-OH is 2. The molecular formula is C81H153NO5. The Hall–Kier alpha value is -2.18. The topological polar surface area (TPSA) is 95.9 Å². The van der Waals surface area contributed by atoms with Gasteiger partial charge < -0.3 is 20.3 Å². The largest absolute Gasteiger partial charge is 0.466 e. The second-order valence-corrected chi connectivity index (χ2v) is 27.0. The number of carbonyl (C=O) groups excluding carboxylic acids is 2. The van der Waals surface area contributed by atoms with E-state index in [2.05, 4.69) is 55.6 Å². The van der Waals surface area contributed by atoms with Gasteiger partial charge in [-0.1, -0.05) is 377 Å². The van der Waals surface area contributed by atoms with Crippen LogP contribution in [-0.2, 0) is 14.3 Å². The Balaban J connectivity index is 3.41. The number of esters is 1. The van der Waals surface area contributed by atoms with Crippen molar-refractivity contribution >= 4 is 11.9 Å². The lowest BCUT2D eigenvalue weighted by atomic mass is 10.0. The summed E-state index contributed by atoms with van der Waals surface area (Å²) >= 11 is 0. The zero-order valence-electron chi connectivity index (χ0n) is 58.8. The van der Waals surface area contributed by atoms with Gasteiger partial charge in [0.2, 0.25) is 5.91 Å². The Kier molecular flexibility index (Phi) is 74.4. The normalized spacial score (nSPS) is 12.7. The summed E-state index contributed by atoms with van der Waals surface area (Å²) in [7, 11) is 0. The van der Waals surface area contributed by atoms with Crippen molar-refractivity contribution < 1.29 is 24.5 Å². The number of rotatable bonds is 74. The summed E-state index contributed by atoms with van der Waals surface area (Å²) in [6, 6.07) is -0.628. The molecule has 0 saturated heterocycles. The molecule has 0 radical (unpaired) electrons. The van der Waals surface area contributed by atoms with E-state index in [0.717, 1.165) is 51.4 Å². The monoisotopic (exact) mass is 1220 g/mol. The molecule has 2 unspecified atom stereocenters. The highest BCUT2D eigenvalue weighted by Gasteiger charge is 2.18. The molecule has 512 valence electrons. The highest BCUT2D eigenvalue weighted by atomic mass is 16.5. The zero-order valence-corrected chi connectivity index (χ0v) is 58.8. The molecule has 0 heterocycles. The minimum atomic E-state index is -0.845. The van der Waals surface area contributed by atoms with Crippen LogP contribution in [-0.4, -0.2) is 47.4 Å². The average molecular weight is 1220 g/mol. The number of carbonyl (C=O) groups is 2. The molecule has 0 bridgehead atoms. The Bertz CT molecular complexity index is 1450. The van der Waals surface area contributed by atoms with E-state index in [1.165, 1.54) is 353 Å². The van der Waals surface area contributed by atoms with Crippen molar-refractivity contribution in [1.29, 1.82) is 0 Å². The molecule has 0 aromatic heterocycles. The minimum Gasteiger partial charge on any atom is -0.466 e. The maximum atomic E-state index is 12.5. The zero-order chi connectivity index (χ0) is 62.8. The summed E-state index contributed by atoms with van der Waals surface area (Å²) < 4.78 is 5.49. The minimum absolute atomic E-state index is 0.00578. The smallest absolute Gasteiger partial charge is 0.305 e. The van der Waals surface area contributed by atoms with Crippen LogP contribution in [0.15, 0.2) is 48.6 Å². The number of nitrogens with one attached hydrogen (secondary N) is 1. The van der Waals surface area contributed by atoms with Crippen LogP contribution < -0.4 is 5.32 Å². The van der Waals surface area contributed by atoms with Gasteiger partial charge in [-0.05, 0) is 89.9 Å². The molecule has 3 N–H and O–H groups in total. The van der Waals surface area contributed by atoms with E-state index in [1.807, 2.05) is 6.08 Å². The van der Waals surface area contributed by atoms with E-state index in [-0.39, 0.29) is 18.5 Å². The first-order chi connectivity index (χ1) is 43.0. The Morgan fingerprint density at radius 3 is 0.885 bits per heavy atom. The Labute approximate surface area is 544 Å². The standard InChI is InChI=1S/C81H153NO5/c1-3-5-7-9-11-13-15-17-19-20-21-22-34-37-40-43-46-49-53-57-61-65-69-73-79(84)78(77-83)82-80(85)74-70-66-62-58-54-50-47-44-41-38-35-32-30-28-26-24-23-25-27-29-31-33-36-39-42-45-48-52-56-60-64-68-72-76-87-81(86)75-71-67-63-59-55-51-18-16-14-12-10-8-6-4-2/h16,18,27,29,33,36,69,73,78-79,83-84H,3-15,17,19-26,28,30-32,34-35,37-68,70-72,74-77H2,1-2H3,(H,82,85)/b18-16-,29-27-,36-33-,73-69+. The van der Waals surface area contributed by atoms with E-state index in [4.69, 9.17) is 4.74 Å². The van der Waals surface area contributed by atoms with Gasteiger partial charge in [0.25, 0.3) is 0 Å². The molecule has 1 amide bonds. The van der Waals surface area contributed by atoms with Crippen LogP contribution in [0.4, 0.5) is 0 Å². The second kappa shape index (κ2) is 76.3. The van der Waals surface area contributed by atoms with Crippen molar-refractivity contribution in [2.75, 3.05) is 13.2 Å². The van der Waals surface area contributed by atoms with Crippen molar-refractivity contribution in [3.05, 3.63) is 48.6 Å². The first-order valence-electron chi connectivity index (χ1n) is 39.4. The SMILES string of the molecule is CCCCCCC/C=C\CCCCCCCC(=O)OCCCCCCCCCCC/C=C\C/C=C\CCCCCCCCCCCCCCCCCCCC(=O)NC(CO)C(O)/C=C/CCCCCCCCCCCCCCCCCCCCCCC. The van der Waals surface area contributed by atoms with Gasteiger partial charge in [0.1, 0.15) is 0 Å².